The van der Waals surface area contributed by atoms with E-state index in [0.29, 0.717) is 11.3 Å². The molecule has 142 valence electrons. The predicted octanol–water partition coefficient (Wildman–Crippen LogP) is 2.40. The van der Waals surface area contributed by atoms with Crippen LogP contribution >= 0.6 is 0 Å². The molecule has 4 heteroatoms. The molecule has 1 amide bonds. The number of nitrogens with zero attached hydrogens (tertiary/aromatic N) is 1. The molecular formula is C24H26N3O+. The summed E-state index contributed by atoms with van der Waals surface area (Å²) in [6.45, 7) is 3.29. The highest BCUT2D eigenvalue weighted by Gasteiger charge is 2.32. The lowest BCUT2D eigenvalue weighted by Crippen LogP contribution is -3.15. The van der Waals surface area contributed by atoms with Crippen LogP contribution in [0.15, 0.2) is 84.9 Å². The molecule has 3 aromatic carbocycles. The second-order valence-corrected chi connectivity index (χ2v) is 7.29. The van der Waals surface area contributed by atoms with E-state index in [2.05, 4.69) is 60.7 Å². The number of carbonyl (C=O) groups is 1. The fraction of sp³-hybridized carbons (Fsp3) is 0.208. The number of nitrogen functional groups attached to an aromatic ring is 1. The average Bonchev–Trinajstić information content (AvgIpc) is 2.76. The largest absolute Gasteiger partial charge is 0.398 e. The molecular weight excluding hydrogens is 346 g/mol. The van der Waals surface area contributed by atoms with Crippen LogP contribution in [-0.2, 0) is 0 Å². The van der Waals surface area contributed by atoms with E-state index in [4.69, 9.17) is 5.73 Å². The third-order valence-corrected chi connectivity index (χ3v) is 5.56. The van der Waals surface area contributed by atoms with Gasteiger partial charge in [-0.15, -0.1) is 0 Å². The summed E-state index contributed by atoms with van der Waals surface area (Å²) in [5.41, 5.74) is 9.79. The zero-order valence-electron chi connectivity index (χ0n) is 15.9. The van der Waals surface area contributed by atoms with E-state index in [-0.39, 0.29) is 11.9 Å². The maximum atomic E-state index is 12.9. The second-order valence-electron chi connectivity index (χ2n) is 7.29. The predicted molar refractivity (Wildman–Crippen MR) is 112 cm³/mol. The Bertz CT molecular complexity index is 879. The first kappa shape index (κ1) is 18.3. The Morgan fingerprint density at radius 1 is 0.786 bits per heavy atom. The number of anilines is 1. The fourth-order valence-corrected chi connectivity index (χ4v) is 4.10. The monoisotopic (exact) mass is 372 g/mol. The van der Waals surface area contributed by atoms with Gasteiger partial charge < -0.3 is 15.5 Å². The standard InChI is InChI=1S/C24H25N3O/c25-22-14-8-7-13-21(22)24(28)27-17-15-26(16-18-27)23(19-9-3-1-4-10-19)20-11-5-2-6-12-20/h1-14,23H,15-18,25H2/p+1. The van der Waals surface area contributed by atoms with Crippen molar-refractivity contribution in [1.29, 1.82) is 0 Å². The molecule has 0 aliphatic carbocycles. The van der Waals surface area contributed by atoms with Crippen molar-refractivity contribution in [3.05, 3.63) is 102 Å². The molecule has 0 atom stereocenters. The lowest BCUT2D eigenvalue weighted by Gasteiger charge is -2.37. The van der Waals surface area contributed by atoms with E-state index in [1.807, 2.05) is 23.1 Å². The van der Waals surface area contributed by atoms with Crippen LogP contribution in [0.4, 0.5) is 5.69 Å². The molecule has 1 aliphatic rings. The number of hydrogen-bond donors (Lipinski definition) is 2. The smallest absolute Gasteiger partial charge is 0.256 e. The quantitative estimate of drug-likeness (QED) is 0.691. The van der Waals surface area contributed by atoms with Crippen LogP contribution in [0.1, 0.15) is 27.5 Å². The van der Waals surface area contributed by atoms with Crippen molar-refractivity contribution >= 4 is 11.6 Å². The van der Waals surface area contributed by atoms with E-state index in [1.54, 1.807) is 6.07 Å². The van der Waals surface area contributed by atoms with E-state index in [1.165, 1.54) is 16.0 Å². The van der Waals surface area contributed by atoms with Crippen molar-refractivity contribution in [1.82, 2.24) is 4.90 Å². The number of nitrogens with two attached hydrogens (primary N) is 1. The molecule has 0 bridgehead atoms. The summed E-state index contributed by atoms with van der Waals surface area (Å²) in [6.07, 6.45) is 0. The number of quaternary nitrogens is 1. The number of hydrogen-bond acceptors (Lipinski definition) is 2. The van der Waals surface area contributed by atoms with Crippen LogP contribution in [0.25, 0.3) is 0 Å². The molecule has 1 aliphatic heterocycles. The van der Waals surface area contributed by atoms with Gasteiger partial charge in [-0.1, -0.05) is 72.8 Å². The number of nitrogens with one attached hydrogen (secondary N) is 1. The van der Waals surface area contributed by atoms with Gasteiger partial charge in [-0.25, -0.2) is 0 Å². The summed E-state index contributed by atoms with van der Waals surface area (Å²) < 4.78 is 0. The summed E-state index contributed by atoms with van der Waals surface area (Å²) in [7, 11) is 0. The molecule has 0 unspecified atom stereocenters. The first-order valence-corrected chi connectivity index (χ1v) is 9.82. The number of benzene rings is 3. The van der Waals surface area contributed by atoms with Crippen LogP contribution in [0, 0.1) is 0 Å². The van der Waals surface area contributed by atoms with Gasteiger partial charge in [-0.3, -0.25) is 4.79 Å². The molecule has 3 aromatic rings. The van der Waals surface area contributed by atoms with Gasteiger partial charge in [-0.2, -0.15) is 0 Å². The Labute approximate surface area is 166 Å². The molecule has 4 nitrogen and oxygen atoms in total. The molecule has 4 rings (SSSR count). The Balaban J connectivity index is 1.52. The molecule has 3 N–H and O–H groups in total. The van der Waals surface area contributed by atoms with Crippen LogP contribution in [0.3, 0.4) is 0 Å². The number of rotatable bonds is 4. The van der Waals surface area contributed by atoms with Crippen LogP contribution in [0.5, 0.6) is 0 Å². The zero-order chi connectivity index (χ0) is 19.3. The van der Waals surface area contributed by atoms with Crippen LogP contribution in [0.2, 0.25) is 0 Å². The Morgan fingerprint density at radius 3 is 1.82 bits per heavy atom. The number of carbonyl (C=O) groups excluding carboxylic acids is 1. The normalized spacial score (nSPS) is 15.0. The molecule has 1 heterocycles. The lowest BCUT2D eigenvalue weighted by atomic mass is 9.96. The zero-order valence-corrected chi connectivity index (χ0v) is 15.9. The molecule has 28 heavy (non-hydrogen) atoms. The highest BCUT2D eigenvalue weighted by molar-refractivity contribution is 5.99. The van der Waals surface area contributed by atoms with E-state index < -0.39 is 0 Å². The number of piperazine rings is 1. The van der Waals surface area contributed by atoms with Gasteiger partial charge in [0.15, 0.2) is 0 Å². The van der Waals surface area contributed by atoms with Gasteiger partial charge >= 0.3 is 0 Å². The van der Waals surface area contributed by atoms with Crippen molar-refractivity contribution < 1.29 is 9.69 Å². The maximum absolute atomic E-state index is 12.9. The highest BCUT2D eigenvalue weighted by atomic mass is 16.2. The van der Waals surface area contributed by atoms with E-state index in [9.17, 15) is 4.79 Å². The van der Waals surface area contributed by atoms with Gasteiger partial charge in [0, 0.05) is 16.8 Å². The summed E-state index contributed by atoms with van der Waals surface area (Å²) in [5, 5.41) is 0. The van der Waals surface area contributed by atoms with Crippen LogP contribution in [-0.4, -0.2) is 37.0 Å². The molecule has 0 saturated carbocycles. The van der Waals surface area contributed by atoms with Gasteiger partial charge in [0.1, 0.15) is 6.04 Å². The van der Waals surface area contributed by atoms with E-state index in [0.717, 1.165) is 26.2 Å². The average molecular weight is 372 g/mol. The summed E-state index contributed by atoms with van der Waals surface area (Å²) >= 11 is 0. The highest BCUT2D eigenvalue weighted by Crippen LogP contribution is 2.20. The van der Waals surface area contributed by atoms with Crippen molar-refractivity contribution in [2.45, 2.75) is 6.04 Å². The summed E-state index contributed by atoms with van der Waals surface area (Å²) in [4.78, 5) is 16.3. The number of amides is 1. The molecule has 0 spiro atoms. The minimum absolute atomic E-state index is 0.0353. The molecule has 1 saturated heterocycles. The van der Waals surface area contributed by atoms with Crippen molar-refractivity contribution in [3.8, 4) is 0 Å². The Kier molecular flexibility index (Phi) is 5.40. The topological polar surface area (TPSA) is 50.8 Å². The summed E-state index contributed by atoms with van der Waals surface area (Å²) in [6, 6.07) is 28.9. The van der Waals surface area contributed by atoms with Crippen molar-refractivity contribution in [2.75, 3.05) is 31.9 Å². The second kappa shape index (κ2) is 8.28. The molecule has 1 fully saturated rings. The minimum atomic E-state index is 0.0353. The maximum Gasteiger partial charge on any atom is 0.256 e. The van der Waals surface area contributed by atoms with E-state index >= 15 is 0 Å². The third-order valence-electron chi connectivity index (χ3n) is 5.56. The number of para-hydroxylation sites is 1. The first-order valence-electron chi connectivity index (χ1n) is 9.82. The van der Waals surface area contributed by atoms with Gasteiger partial charge in [0.25, 0.3) is 5.91 Å². The van der Waals surface area contributed by atoms with Gasteiger partial charge in [-0.05, 0) is 12.1 Å². The SMILES string of the molecule is Nc1ccccc1C(=O)N1CC[NH+](C(c2ccccc2)c2ccccc2)CC1. The third kappa shape index (κ3) is 3.78. The van der Waals surface area contributed by atoms with Gasteiger partial charge in [0.2, 0.25) is 0 Å². The lowest BCUT2D eigenvalue weighted by molar-refractivity contribution is -0.929. The summed E-state index contributed by atoms with van der Waals surface area (Å²) in [5.74, 6) is 0.0353. The Morgan fingerprint density at radius 2 is 1.29 bits per heavy atom. The Hall–Kier alpha value is -3.11. The fourth-order valence-electron chi connectivity index (χ4n) is 4.10. The minimum Gasteiger partial charge on any atom is -0.398 e. The molecule has 0 aromatic heterocycles. The van der Waals surface area contributed by atoms with Crippen molar-refractivity contribution in [3.63, 3.8) is 0 Å². The van der Waals surface area contributed by atoms with Crippen LogP contribution < -0.4 is 10.6 Å². The first-order chi connectivity index (χ1) is 13.7. The molecule has 0 radical (unpaired) electrons. The van der Waals surface area contributed by atoms with Gasteiger partial charge in [0.05, 0.1) is 31.7 Å². The van der Waals surface area contributed by atoms with Crippen molar-refractivity contribution in [2.24, 2.45) is 0 Å².